The molecule has 0 amide bonds. The fourth-order valence-electron chi connectivity index (χ4n) is 3.92. The Morgan fingerprint density at radius 3 is 1.39 bits per heavy atom. The number of carbonyl (C=O) groups is 1. The fourth-order valence-corrected chi connectivity index (χ4v) is 6.49. The summed E-state index contributed by atoms with van der Waals surface area (Å²) in [6.45, 7) is 19.9. The van der Waals surface area contributed by atoms with E-state index in [-0.39, 0.29) is 146 Å². The van der Waals surface area contributed by atoms with Gasteiger partial charge in [0.25, 0.3) is 6.47 Å². The third-order valence-corrected chi connectivity index (χ3v) is 11.5. The second-order valence-corrected chi connectivity index (χ2v) is 24.3. The zero-order valence-corrected chi connectivity index (χ0v) is 48.2. The maximum atomic E-state index is 8.88. The van der Waals surface area contributed by atoms with Gasteiger partial charge in [-0.05, 0) is 65.4 Å². The normalized spacial score (nSPS) is 9.82. The Bertz CT molecular complexity index is 1610. The number of carbonyl (C=O) groups excluding carboxylic acids is 1. The van der Waals surface area contributed by atoms with E-state index in [1.807, 2.05) is 61.8 Å². The van der Waals surface area contributed by atoms with Crippen LogP contribution < -0.4 is 159 Å². The molecule has 2 aromatic heterocycles. The first kappa shape index (κ1) is 53.5. The van der Waals surface area contributed by atoms with Crippen molar-refractivity contribution >= 4 is 61.5 Å². The van der Waals surface area contributed by atoms with Gasteiger partial charge in [-0.1, -0.05) is 146 Å². The molecule has 51 heavy (non-hydrogen) atoms. The molecule has 3 aromatic carbocycles. The van der Waals surface area contributed by atoms with Crippen molar-refractivity contribution in [2.45, 2.75) is 60.1 Å². The van der Waals surface area contributed by atoms with Crippen LogP contribution in [0.2, 0.25) is 39.3 Å². The molecule has 7 nitrogen and oxygen atoms in total. The fraction of sp³-hybridized carbons (Fsp3) is 0.237. The van der Waals surface area contributed by atoms with Crippen molar-refractivity contribution in [3.05, 3.63) is 137 Å². The molecule has 5 aromatic rings. The summed E-state index contributed by atoms with van der Waals surface area (Å²) < 4.78 is 0.892. The van der Waals surface area contributed by atoms with Gasteiger partial charge < -0.3 is 21.6 Å². The first-order chi connectivity index (χ1) is 23.0. The van der Waals surface area contributed by atoms with E-state index in [2.05, 4.69) is 132 Å². The Morgan fingerprint density at radius 1 is 0.667 bits per heavy atom. The van der Waals surface area contributed by atoms with Gasteiger partial charge in [-0.25, -0.2) is 4.98 Å². The van der Waals surface area contributed by atoms with E-state index in [1.54, 1.807) is 12.1 Å². The summed E-state index contributed by atoms with van der Waals surface area (Å²) in [7, 11) is -3.79. The van der Waals surface area contributed by atoms with Crippen LogP contribution >= 0.6 is 15.9 Å². The summed E-state index contributed by atoms with van der Waals surface area (Å²) in [5, 5.41) is 29.0. The molecule has 0 saturated carbocycles. The third kappa shape index (κ3) is 24.5. The number of pyridine rings is 2. The quantitative estimate of drug-likeness (QED) is 0.0853. The van der Waals surface area contributed by atoms with E-state index in [0.717, 1.165) is 10.3 Å². The van der Waals surface area contributed by atoms with Gasteiger partial charge >= 0.3 is 145 Å². The second-order valence-electron chi connectivity index (χ2n) is 13.3. The largest absolute Gasteiger partial charge is 1.00 e. The van der Waals surface area contributed by atoms with Crippen LogP contribution in [0.25, 0.3) is 11.3 Å². The Labute approximate surface area is 435 Å². The molecular weight excluding hydrogens is 977 g/mol. The van der Waals surface area contributed by atoms with Crippen molar-refractivity contribution in [3.8, 4) is 11.3 Å². The molecule has 2 heterocycles. The number of hydrogen-bond donors (Lipinski definition) is 2. The monoisotopic (exact) mass is 1030 g/mol. The SMILES string of the molecule is C[Si](C)(C)c1ccc(B(O)O)cc1.Cc1ccc(-c2ccc([Si](C)(C)C)cc2)nc1.Cc1ccc(Br)nc1.Cc1ccccc1.O=CO[O-].[Cs+].[Cs+].[H-]. The number of nitrogens with zero attached hydrogens (tertiary/aromatic N) is 2. The molecule has 0 aliphatic carbocycles. The van der Waals surface area contributed by atoms with Crippen molar-refractivity contribution in [1.29, 1.82) is 0 Å². The summed E-state index contributed by atoms with van der Waals surface area (Å²) in [6.07, 6.45) is 3.74. The molecule has 0 spiro atoms. The molecule has 0 fully saturated rings. The molecule has 262 valence electrons. The van der Waals surface area contributed by atoms with Gasteiger partial charge in [0, 0.05) is 18.0 Å². The number of aryl methyl sites for hydroxylation is 3. The van der Waals surface area contributed by atoms with E-state index >= 15 is 0 Å². The van der Waals surface area contributed by atoms with Crippen LogP contribution in [0.3, 0.4) is 0 Å². The predicted molar refractivity (Wildman–Crippen MR) is 213 cm³/mol. The number of rotatable bonds is 5. The first-order valence-electron chi connectivity index (χ1n) is 15.8. The van der Waals surface area contributed by atoms with E-state index in [1.165, 1.54) is 32.6 Å². The van der Waals surface area contributed by atoms with Crippen molar-refractivity contribution in [3.63, 3.8) is 0 Å². The maximum absolute atomic E-state index is 8.88. The Hall–Kier alpha value is 0.393. The van der Waals surface area contributed by atoms with Gasteiger partial charge in [0.05, 0.1) is 21.8 Å². The van der Waals surface area contributed by atoms with E-state index < -0.39 is 23.3 Å². The minimum absolute atomic E-state index is 0. The third-order valence-electron chi connectivity index (χ3n) is 6.89. The molecule has 0 bridgehead atoms. The molecule has 13 heteroatoms. The maximum Gasteiger partial charge on any atom is 1.00 e. The van der Waals surface area contributed by atoms with Gasteiger partial charge in [-0.2, -0.15) is 0 Å². The first-order valence-corrected chi connectivity index (χ1v) is 23.6. The van der Waals surface area contributed by atoms with E-state index in [4.69, 9.17) is 20.1 Å². The molecule has 0 radical (unpaired) electrons. The van der Waals surface area contributed by atoms with Gasteiger partial charge in [0.1, 0.15) is 4.60 Å². The topological polar surface area (TPSA) is 116 Å². The van der Waals surface area contributed by atoms with Crippen LogP contribution in [-0.2, 0) is 9.68 Å². The summed E-state index contributed by atoms with van der Waals surface area (Å²) in [5.74, 6) is 0. The average Bonchev–Trinajstić information content (AvgIpc) is 3.07. The standard InChI is InChI=1S/C15H19NSi.C9H15BO2Si.C7H8.C6H6BrN.CH2O3.2Cs.H/c1-12-5-10-15(16-11-12)13-6-8-14(9-7-13)17(2,3)4;1-13(2,3)9-6-4-8(5-7-9)10(11)12;1-7-5-3-2-4-6-7;1-5-2-3-6(7)8-4-5;2-1-4-3;;;/h5-11H,1-4H3;4-7,11-12H,1-3H3;2-6H,1H3;2-4H,1H3;1,3H;;;/q;;;;;2*+1;-1/p-1. The van der Waals surface area contributed by atoms with Crippen LogP contribution in [0, 0.1) is 20.8 Å². The smallest absolute Gasteiger partial charge is 1.00 e. The van der Waals surface area contributed by atoms with Crippen LogP contribution in [0.15, 0.2) is 120 Å². The Kier molecular flexibility index (Phi) is 30.2. The molecule has 0 saturated heterocycles. The summed E-state index contributed by atoms with van der Waals surface area (Å²) >= 11 is 3.23. The summed E-state index contributed by atoms with van der Waals surface area (Å²) in [6, 6.07) is 34.8. The van der Waals surface area contributed by atoms with Gasteiger partial charge in [0.15, 0.2) is 0 Å². The minimum Gasteiger partial charge on any atom is -1.00 e. The zero-order chi connectivity index (χ0) is 37.0. The van der Waals surface area contributed by atoms with Crippen molar-refractivity contribution in [1.82, 2.24) is 9.97 Å². The van der Waals surface area contributed by atoms with Crippen molar-refractivity contribution in [2.75, 3.05) is 0 Å². The molecule has 5 rings (SSSR count). The summed E-state index contributed by atoms with van der Waals surface area (Å²) in [4.78, 5) is 19.7. The predicted octanol–water partition coefficient (Wildman–Crippen LogP) is 0.217. The second kappa shape index (κ2) is 28.7. The van der Waals surface area contributed by atoms with Crippen LogP contribution in [0.1, 0.15) is 18.1 Å². The van der Waals surface area contributed by atoms with E-state index in [9.17, 15) is 0 Å². The summed E-state index contributed by atoms with van der Waals surface area (Å²) in [5.41, 5.74) is 6.52. The number of benzene rings is 3. The van der Waals surface area contributed by atoms with Crippen LogP contribution in [0.5, 0.6) is 0 Å². The number of aromatic nitrogens is 2. The Balaban J connectivity index is -0.000000611. The molecular formula is C38H50BBrCs2N2O5Si2. The molecule has 0 aliphatic rings. The zero-order valence-electron chi connectivity index (χ0n) is 33.0. The van der Waals surface area contributed by atoms with Crippen molar-refractivity contribution in [2.24, 2.45) is 0 Å². The number of halogens is 1. The Morgan fingerprint density at radius 2 is 1.10 bits per heavy atom. The van der Waals surface area contributed by atoms with Gasteiger partial charge in [-0.15, -0.1) is 0 Å². The van der Waals surface area contributed by atoms with Gasteiger partial charge in [-0.3, -0.25) is 9.78 Å². The van der Waals surface area contributed by atoms with Crippen LogP contribution in [-0.4, -0.2) is 49.8 Å². The average molecular weight is 1030 g/mol. The molecule has 0 aliphatic heterocycles. The minimum atomic E-state index is -1.35. The van der Waals surface area contributed by atoms with E-state index in [0.29, 0.717) is 5.46 Å². The molecule has 0 unspecified atom stereocenters. The molecule has 2 N–H and O–H groups in total. The van der Waals surface area contributed by atoms with Crippen LogP contribution in [0.4, 0.5) is 0 Å². The molecule has 0 atom stereocenters. The van der Waals surface area contributed by atoms with Crippen molar-refractivity contribution < 1.29 is 164 Å². The van der Waals surface area contributed by atoms with Gasteiger partial charge in [0.2, 0.25) is 0 Å². The number of hydrogen-bond acceptors (Lipinski definition) is 7.